The number of benzene rings is 1. The van der Waals surface area contributed by atoms with E-state index in [1.54, 1.807) is 0 Å². The zero-order chi connectivity index (χ0) is 14.8. The summed E-state index contributed by atoms with van der Waals surface area (Å²) in [6, 6.07) is 3.13. The molecule has 0 aliphatic carbocycles. The third-order valence-electron chi connectivity index (χ3n) is 2.22. The smallest absolute Gasteiger partial charge is 0.262 e. The van der Waals surface area contributed by atoms with Gasteiger partial charge >= 0.3 is 0 Å². The maximum absolute atomic E-state index is 12.1. The topological polar surface area (TPSA) is 115 Å². The lowest BCUT2D eigenvalue weighted by atomic mass is 10.3. The van der Waals surface area contributed by atoms with Crippen LogP contribution in [0.25, 0.3) is 0 Å². The van der Waals surface area contributed by atoms with Crippen molar-refractivity contribution in [3.05, 3.63) is 51.9 Å². The minimum Gasteiger partial charge on any atom is -0.262 e. The number of nitrogens with one attached hydrogen (secondary N) is 1. The molecule has 1 aromatic carbocycles. The minimum atomic E-state index is -4.09. The van der Waals surface area contributed by atoms with Crippen molar-refractivity contribution < 1.29 is 13.3 Å². The van der Waals surface area contributed by atoms with Crippen LogP contribution in [0.3, 0.4) is 0 Å². The first-order valence-electron chi connectivity index (χ1n) is 5.13. The van der Waals surface area contributed by atoms with Gasteiger partial charge in [0.15, 0.2) is 5.82 Å². The molecule has 0 aliphatic rings. The van der Waals surface area contributed by atoms with E-state index in [4.69, 9.17) is 11.6 Å². The molecule has 8 nitrogen and oxygen atoms in total. The Hall–Kier alpha value is -2.26. The lowest BCUT2D eigenvalue weighted by molar-refractivity contribution is -0.385. The number of aromatic nitrogens is 2. The van der Waals surface area contributed by atoms with E-state index in [2.05, 4.69) is 14.7 Å². The van der Waals surface area contributed by atoms with E-state index < -0.39 is 19.8 Å². The number of hydrogen-bond donors (Lipinski definition) is 1. The van der Waals surface area contributed by atoms with E-state index in [0.29, 0.717) is 0 Å². The van der Waals surface area contributed by atoms with Gasteiger partial charge in [0.2, 0.25) is 0 Å². The van der Waals surface area contributed by atoms with Crippen molar-refractivity contribution in [2.75, 3.05) is 4.72 Å². The number of sulfonamides is 1. The molecular weight excluding hydrogens is 308 g/mol. The standard InChI is InChI=1S/C10H7ClN4O4S/c11-8-2-1-7(15(16)17)5-9(8)20(18,19)14-10-6-12-3-4-13-10/h1-6H,(H,13,14). The summed E-state index contributed by atoms with van der Waals surface area (Å²) in [5.74, 6) is -0.0185. The van der Waals surface area contributed by atoms with Crippen LogP contribution in [0, 0.1) is 10.1 Å². The molecule has 1 N–H and O–H groups in total. The Labute approximate surface area is 118 Å². The van der Waals surface area contributed by atoms with Crippen LogP contribution in [-0.2, 0) is 10.0 Å². The lowest BCUT2D eigenvalue weighted by Crippen LogP contribution is -2.14. The highest BCUT2D eigenvalue weighted by Gasteiger charge is 2.22. The van der Waals surface area contributed by atoms with Crippen molar-refractivity contribution in [3.8, 4) is 0 Å². The summed E-state index contributed by atoms with van der Waals surface area (Å²) in [4.78, 5) is 17.0. The largest absolute Gasteiger partial charge is 0.270 e. The molecule has 0 bridgehead atoms. The van der Waals surface area contributed by atoms with Crippen LogP contribution in [0.4, 0.5) is 11.5 Å². The number of nitro benzene ring substituents is 1. The molecule has 104 valence electrons. The van der Waals surface area contributed by atoms with Crippen LogP contribution < -0.4 is 4.72 Å². The maximum atomic E-state index is 12.1. The second-order valence-electron chi connectivity index (χ2n) is 3.57. The van der Waals surface area contributed by atoms with Gasteiger partial charge in [0.1, 0.15) is 4.90 Å². The Morgan fingerprint density at radius 2 is 2.05 bits per heavy atom. The highest BCUT2D eigenvalue weighted by atomic mass is 35.5. The molecule has 2 rings (SSSR count). The predicted molar refractivity (Wildman–Crippen MR) is 70.9 cm³/mol. The van der Waals surface area contributed by atoms with Crippen LogP contribution in [-0.4, -0.2) is 23.3 Å². The van der Waals surface area contributed by atoms with Gasteiger partial charge in [-0.2, -0.15) is 0 Å². The number of anilines is 1. The molecule has 1 aromatic heterocycles. The molecule has 0 radical (unpaired) electrons. The first-order chi connectivity index (χ1) is 9.40. The fraction of sp³-hybridized carbons (Fsp3) is 0. The zero-order valence-electron chi connectivity index (χ0n) is 9.72. The quantitative estimate of drug-likeness (QED) is 0.680. The third-order valence-corrected chi connectivity index (χ3v) is 4.05. The van der Waals surface area contributed by atoms with Gasteiger partial charge in [-0.05, 0) is 6.07 Å². The van der Waals surface area contributed by atoms with E-state index in [9.17, 15) is 18.5 Å². The Morgan fingerprint density at radius 1 is 1.30 bits per heavy atom. The van der Waals surface area contributed by atoms with Crippen LogP contribution in [0.5, 0.6) is 0 Å². The fourth-order valence-electron chi connectivity index (χ4n) is 1.36. The number of nitrogens with zero attached hydrogens (tertiary/aromatic N) is 3. The molecule has 0 atom stereocenters. The Morgan fingerprint density at radius 3 is 2.65 bits per heavy atom. The van der Waals surface area contributed by atoms with Crippen molar-refractivity contribution in [1.82, 2.24) is 9.97 Å². The van der Waals surface area contributed by atoms with E-state index in [-0.39, 0.29) is 16.5 Å². The predicted octanol–water partition coefficient (Wildman–Crippen LogP) is 1.84. The van der Waals surface area contributed by atoms with Crippen LogP contribution in [0.15, 0.2) is 41.7 Å². The van der Waals surface area contributed by atoms with Gasteiger partial charge in [0.25, 0.3) is 15.7 Å². The number of rotatable bonds is 4. The van der Waals surface area contributed by atoms with E-state index >= 15 is 0 Å². The fourth-order valence-corrected chi connectivity index (χ4v) is 2.87. The summed E-state index contributed by atoms with van der Waals surface area (Å²) >= 11 is 5.77. The van der Waals surface area contributed by atoms with Gasteiger partial charge < -0.3 is 0 Å². The van der Waals surface area contributed by atoms with E-state index in [1.807, 2.05) is 0 Å². The van der Waals surface area contributed by atoms with Gasteiger partial charge in [0.05, 0.1) is 16.1 Å². The van der Waals surface area contributed by atoms with E-state index in [1.165, 1.54) is 18.6 Å². The van der Waals surface area contributed by atoms with Crippen LogP contribution in [0.1, 0.15) is 0 Å². The third kappa shape index (κ3) is 3.00. The minimum absolute atomic E-state index is 0.0185. The maximum Gasteiger partial charge on any atom is 0.270 e. The van der Waals surface area contributed by atoms with Gasteiger partial charge in [-0.15, -0.1) is 0 Å². The first kappa shape index (κ1) is 14.2. The molecule has 10 heteroatoms. The SMILES string of the molecule is O=[N+]([O-])c1ccc(Cl)c(S(=O)(=O)Nc2cnccn2)c1. The molecule has 0 aliphatic heterocycles. The number of halogens is 1. The molecule has 0 fully saturated rings. The number of non-ortho nitro benzene ring substituents is 1. The summed E-state index contributed by atoms with van der Waals surface area (Å²) in [6.07, 6.45) is 3.87. The first-order valence-corrected chi connectivity index (χ1v) is 6.99. The van der Waals surface area contributed by atoms with Gasteiger partial charge in [-0.1, -0.05) is 11.6 Å². The van der Waals surface area contributed by atoms with Crippen molar-refractivity contribution in [2.45, 2.75) is 4.90 Å². The molecule has 2 aromatic rings. The van der Waals surface area contributed by atoms with E-state index in [0.717, 1.165) is 18.2 Å². The summed E-state index contributed by atoms with van der Waals surface area (Å²) < 4.78 is 26.4. The van der Waals surface area contributed by atoms with Crippen molar-refractivity contribution >= 4 is 33.1 Å². The lowest BCUT2D eigenvalue weighted by Gasteiger charge is -2.08. The Balaban J connectivity index is 2.44. The van der Waals surface area contributed by atoms with Crippen LogP contribution >= 0.6 is 11.6 Å². The highest BCUT2D eigenvalue weighted by molar-refractivity contribution is 7.92. The molecule has 0 spiro atoms. The number of hydrogen-bond acceptors (Lipinski definition) is 6. The van der Waals surface area contributed by atoms with Crippen molar-refractivity contribution in [3.63, 3.8) is 0 Å². The number of nitro groups is 1. The summed E-state index contributed by atoms with van der Waals surface area (Å²) in [6.45, 7) is 0. The monoisotopic (exact) mass is 314 g/mol. The highest BCUT2D eigenvalue weighted by Crippen LogP contribution is 2.27. The molecule has 20 heavy (non-hydrogen) atoms. The summed E-state index contributed by atoms with van der Waals surface area (Å²) in [5.41, 5.74) is -0.381. The summed E-state index contributed by atoms with van der Waals surface area (Å²) in [5, 5.41) is 10.5. The molecule has 0 saturated carbocycles. The molecule has 0 saturated heterocycles. The Bertz CT molecular complexity index is 751. The van der Waals surface area contributed by atoms with Gasteiger partial charge in [-0.3, -0.25) is 19.8 Å². The molecule has 0 amide bonds. The summed E-state index contributed by atoms with van der Waals surface area (Å²) in [7, 11) is -4.09. The molecule has 0 unspecified atom stereocenters. The van der Waals surface area contributed by atoms with Crippen LogP contribution in [0.2, 0.25) is 5.02 Å². The second kappa shape index (κ2) is 5.39. The second-order valence-corrected chi connectivity index (χ2v) is 5.63. The molecular formula is C10H7ClN4O4S. The van der Waals surface area contributed by atoms with Gasteiger partial charge in [0, 0.05) is 24.5 Å². The Kier molecular flexibility index (Phi) is 3.81. The van der Waals surface area contributed by atoms with Crippen molar-refractivity contribution in [2.24, 2.45) is 0 Å². The average Bonchev–Trinajstić information content (AvgIpc) is 2.39. The average molecular weight is 315 g/mol. The molecule has 1 heterocycles. The zero-order valence-corrected chi connectivity index (χ0v) is 11.3. The normalized spacial score (nSPS) is 11.1. The van der Waals surface area contributed by atoms with Gasteiger partial charge in [-0.25, -0.2) is 13.4 Å². The van der Waals surface area contributed by atoms with Crippen molar-refractivity contribution in [1.29, 1.82) is 0 Å².